The van der Waals surface area contributed by atoms with E-state index in [1.165, 1.54) is 0 Å². The molecule has 2 amide bonds. The molecule has 1 aliphatic rings. The van der Waals surface area contributed by atoms with Crippen LogP contribution < -0.4 is 20.1 Å². The lowest BCUT2D eigenvalue weighted by Crippen LogP contribution is -2.40. The summed E-state index contributed by atoms with van der Waals surface area (Å²) < 4.78 is 12.5. The highest BCUT2D eigenvalue weighted by molar-refractivity contribution is 6.39. The topological polar surface area (TPSA) is 84.8 Å². The Balaban J connectivity index is 1.58. The molecule has 0 aliphatic carbocycles. The fourth-order valence-corrected chi connectivity index (χ4v) is 2.80. The van der Waals surface area contributed by atoms with Gasteiger partial charge in [0.05, 0.1) is 6.04 Å². The van der Waals surface area contributed by atoms with Crippen molar-refractivity contribution in [1.82, 2.24) is 14.8 Å². The number of likely N-dealkylation sites (N-methyl/N-ethyl adjacent to an activating group) is 1. The highest BCUT2D eigenvalue weighted by Gasteiger charge is 2.21. The third-order valence-electron chi connectivity index (χ3n) is 4.24. The van der Waals surface area contributed by atoms with E-state index in [0.29, 0.717) is 23.7 Å². The van der Waals surface area contributed by atoms with E-state index in [4.69, 9.17) is 9.47 Å². The van der Waals surface area contributed by atoms with Crippen molar-refractivity contribution in [2.45, 2.75) is 6.04 Å². The summed E-state index contributed by atoms with van der Waals surface area (Å²) in [5.41, 5.74) is 1.52. The number of hydrogen-bond acceptors (Lipinski definition) is 5. The smallest absolute Gasteiger partial charge is 0.313 e. The van der Waals surface area contributed by atoms with Gasteiger partial charge in [0, 0.05) is 37.2 Å². The van der Waals surface area contributed by atoms with E-state index in [-0.39, 0.29) is 12.8 Å². The first-order valence-electron chi connectivity index (χ1n) is 8.22. The average molecular weight is 358 g/mol. The highest BCUT2D eigenvalue weighted by Crippen LogP contribution is 2.34. The first kappa shape index (κ1) is 17.8. The maximum atomic E-state index is 12.2. The molecule has 2 heterocycles. The molecule has 0 saturated carbocycles. The van der Waals surface area contributed by atoms with Gasteiger partial charge >= 0.3 is 11.8 Å². The number of nitrogens with one attached hydrogen (secondary N) is 2. The molecule has 1 aromatic carbocycles. The normalized spacial score (nSPS) is 13.5. The lowest BCUT2D eigenvalue weighted by molar-refractivity contribution is -0.136. The Morgan fingerprint density at radius 3 is 2.65 bits per heavy atom. The second-order valence-electron chi connectivity index (χ2n) is 6.26. The lowest BCUT2D eigenvalue weighted by atomic mass is 10.2. The van der Waals surface area contributed by atoms with E-state index < -0.39 is 11.8 Å². The Morgan fingerprint density at radius 2 is 1.96 bits per heavy atom. The lowest BCUT2D eigenvalue weighted by Gasteiger charge is -2.25. The molecular formula is C18H22N4O4. The Bertz CT molecular complexity index is 815. The van der Waals surface area contributed by atoms with Crippen LogP contribution in [0.2, 0.25) is 0 Å². The number of benzene rings is 1. The van der Waals surface area contributed by atoms with Crippen LogP contribution in [0.3, 0.4) is 0 Å². The van der Waals surface area contributed by atoms with Gasteiger partial charge in [-0.15, -0.1) is 0 Å². The van der Waals surface area contributed by atoms with E-state index in [2.05, 4.69) is 10.6 Å². The molecule has 1 atom stereocenters. The second-order valence-corrected chi connectivity index (χ2v) is 6.26. The van der Waals surface area contributed by atoms with Crippen molar-refractivity contribution < 1.29 is 19.1 Å². The number of fused-ring (bicyclic) bond motifs is 1. The number of aromatic nitrogens is 1. The largest absolute Gasteiger partial charge is 0.454 e. The quantitative estimate of drug-likeness (QED) is 0.782. The second kappa shape index (κ2) is 7.49. The molecule has 0 bridgehead atoms. The van der Waals surface area contributed by atoms with Crippen molar-refractivity contribution in [2.24, 2.45) is 7.05 Å². The van der Waals surface area contributed by atoms with Gasteiger partial charge in [0.2, 0.25) is 6.79 Å². The molecule has 8 heteroatoms. The summed E-state index contributed by atoms with van der Waals surface area (Å²) in [4.78, 5) is 26.3. The Morgan fingerprint density at radius 1 is 1.19 bits per heavy atom. The summed E-state index contributed by atoms with van der Waals surface area (Å²) >= 11 is 0. The van der Waals surface area contributed by atoms with Gasteiger partial charge in [-0.25, -0.2) is 0 Å². The number of amides is 2. The third-order valence-corrected chi connectivity index (χ3v) is 4.24. The number of aryl methyl sites for hydroxylation is 1. The number of anilines is 1. The molecule has 8 nitrogen and oxygen atoms in total. The number of nitrogens with zero attached hydrogens (tertiary/aromatic N) is 2. The molecule has 0 radical (unpaired) electrons. The van der Waals surface area contributed by atoms with Crippen molar-refractivity contribution in [3.8, 4) is 11.5 Å². The minimum atomic E-state index is -0.728. The van der Waals surface area contributed by atoms with Crippen molar-refractivity contribution >= 4 is 17.5 Å². The standard InChI is InChI=1S/C18H22N4O4/c1-21(2)14(13-5-4-8-22(13)3)10-19-17(23)18(24)20-12-6-7-15-16(9-12)26-11-25-15/h4-9,14H,10-11H2,1-3H3,(H,19,23)(H,20,24)/t14-/m0/s1. The minimum absolute atomic E-state index is 0.0442. The minimum Gasteiger partial charge on any atom is -0.454 e. The molecule has 1 aromatic heterocycles. The summed E-state index contributed by atoms with van der Waals surface area (Å²) in [5.74, 6) is -0.264. The molecule has 138 valence electrons. The third kappa shape index (κ3) is 3.80. The van der Waals surface area contributed by atoms with E-state index in [1.54, 1.807) is 18.2 Å². The molecule has 0 spiro atoms. The first-order chi connectivity index (χ1) is 12.5. The van der Waals surface area contributed by atoms with E-state index in [1.807, 2.05) is 48.9 Å². The van der Waals surface area contributed by atoms with Gasteiger partial charge in [-0.2, -0.15) is 0 Å². The van der Waals surface area contributed by atoms with Crippen LogP contribution in [0.25, 0.3) is 0 Å². The predicted octanol–water partition coefficient (Wildman–Crippen LogP) is 1.11. The Labute approximate surface area is 151 Å². The van der Waals surface area contributed by atoms with Crippen LogP contribution in [0.4, 0.5) is 5.69 Å². The zero-order chi connectivity index (χ0) is 18.7. The Kier molecular flexibility index (Phi) is 5.13. The molecule has 2 aromatic rings. The van der Waals surface area contributed by atoms with Gasteiger partial charge in [0.25, 0.3) is 0 Å². The first-order valence-corrected chi connectivity index (χ1v) is 8.22. The van der Waals surface area contributed by atoms with Crippen LogP contribution >= 0.6 is 0 Å². The summed E-state index contributed by atoms with van der Waals surface area (Å²) in [6.07, 6.45) is 1.94. The highest BCUT2D eigenvalue weighted by atomic mass is 16.7. The number of carbonyl (C=O) groups is 2. The average Bonchev–Trinajstić information content (AvgIpc) is 3.23. The van der Waals surface area contributed by atoms with Gasteiger partial charge in [-0.1, -0.05) is 0 Å². The Hall–Kier alpha value is -3.00. The van der Waals surface area contributed by atoms with Gasteiger partial charge in [0.15, 0.2) is 11.5 Å². The van der Waals surface area contributed by atoms with Crippen molar-refractivity contribution in [3.63, 3.8) is 0 Å². The van der Waals surface area contributed by atoms with Crippen LogP contribution in [0.5, 0.6) is 11.5 Å². The number of hydrogen-bond donors (Lipinski definition) is 2. The predicted molar refractivity (Wildman–Crippen MR) is 96.0 cm³/mol. The molecule has 0 fully saturated rings. The van der Waals surface area contributed by atoms with Gasteiger partial charge in [-0.3, -0.25) is 14.5 Å². The van der Waals surface area contributed by atoms with E-state index in [9.17, 15) is 9.59 Å². The summed E-state index contributed by atoms with van der Waals surface area (Å²) in [7, 11) is 5.80. The molecule has 0 unspecified atom stereocenters. The number of carbonyl (C=O) groups excluding carboxylic acids is 2. The van der Waals surface area contributed by atoms with Gasteiger partial charge in [0.1, 0.15) is 0 Å². The molecule has 26 heavy (non-hydrogen) atoms. The molecular weight excluding hydrogens is 336 g/mol. The van der Waals surface area contributed by atoms with E-state index >= 15 is 0 Å². The zero-order valence-corrected chi connectivity index (χ0v) is 15.0. The van der Waals surface area contributed by atoms with E-state index in [0.717, 1.165) is 5.69 Å². The molecule has 3 rings (SSSR count). The van der Waals surface area contributed by atoms with Crippen molar-refractivity contribution in [2.75, 3.05) is 32.7 Å². The maximum absolute atomic E-state index is 12.2. The fourth-order valence-electron chi connectivity index (χ4n) is 2.80. The molecule has 2 N–H and O–H groups in total. The van der Waals surface area contributed by atoms with Crippen molar-refractivity contribution in [1.29, 1.82) is 0 Å². The van der Waals surface area contributed by atoms with Crippen LogP contribution in [-0.2, 0) is 16.6 Å². The fraction of sp³-hybridized carbons (Fsp3) is 0.333. The van der Waals surface area contributed by atoms with Gasteiger partial charge in [-0.05, 0) is 38.4 Å². The molecule has 0 saturated heterocycles. The monoisotopic (exact) mass is 358 g/mol. The van der Waals surface area contributed by atoms with Crippen LogP contribution in [0, 0.1) is 0 Å². The number of ether oxygens (including phenoxy) is 2. The van der Waals surface area contributed by atoms with Crippen LogP contribution in [-0.4, -0.2) is 48.7 Å². The zero-order valence-electron chi connectivity index (χ0n) is 15.0. The molecule has 1 aliphatic heterocycles. The summed E-state index contributed by atoms with van der Waals surface area (Å²) in [5, 5.41) is 5.26. The summed E-state index contributed by atoms with van der Waals surface area (Å²) in [6.45, 7) is 0.469. The summed E-state index contributed by atoms with van der Waals surface area (Å²) in [6, 6.07) is 8.86. The number of rotatable bonds is 5. The maximum Gasteiger partial charge on any atom is 0.313 e. The van der Waals surface area contributed by atoms with Gasteiger partial charge < -0.3 is 24.7 Å². The SMILES string of the molecule is CN(C)[C@@H](CNC(=O)C(=O)Nc1ccc2c(c1)OCO2)c1cccn1C. The van der Waals surface area contributed by atoms with Crippen molar-refractivity contribution in [3.05, 3.63) is 42.2 Å². The van der Waals surface area contributed by atoms with Crippen LogP contribution in [0.1, 0.15) is 11.7 Å². The van der Waals surface area contributed by atoms with Crippen LogP contribution in [0.15, 0.2) is 36.5 Å².